The molecule has 0 aliphatic heterocycles. The summed E-state index contributed by atoms with van der Waals surface area (Å²) in [5.74, 6) is -1.34. The van der Waals surface area contributed by atoms with E-state index >= 15 is 0 Å². The van der Waals surface area contributed by atoms with Crippen molar-refractivity contribution < 1.29 is 18.8 Å². The van der Waals surface area contributed by atoms with E-state index in [-0.39, 0.29) is 17.0 Å². The van der Waals surface area contributed by atoms with E-state index in [4.69, 9.17) is 9.63 Å². The van der Waals surface area contributed by atoms with E-state index in [0.717, 1.165) is 0 Å². The van der Waals surface area contributed by atoms with Gasteiger partial charge in [0.15, 0.2) is 0 Å². The maximum Gasteiger partial charge on any atom is 0.341 e. The molecule has 0 spiro atoms. The predicted molar refractivity (Wildman–Crippen MR) is 61.3 cm³/mol. The first-order valence-electron chi connectivity index (χ1n) is 4.65. The second-order valence-corrected chi connectivity index (χ2v) is 4.25. The van der Waals surface area contributed by atoms with Gasteiger partial charge < -0.3 is 9.63 Å². The molecule has 0 saturated carbocycles. The highest BCUT2D eigenvalue weighted by Gasteiger charge is 2.22. The summed E-state index contributed by atoms with van der Waals surface area (Å²) < 4.78 is 18.2. The number of carboxylic acids is 1. The van der Waals surface area contributed by atoms with E-state index in [2.05, 4.69) is 21.1 Å². The minimum Gasteiger partial charge on any atom is -0.477 e. The average Bonchev–Trinajstić information content (AvgIpc) is 2.60. The molecule has 2 aromatic rings. The molecule has 0 radical (unpaired) electrons. The van der Waals surface area contributed by atoms with E-state index in [9.17, 15) is 9.18 Å². The molecule has 0 saturated heterocycles. The fraction of sp³-hybridized carbons (Fsp3) is 0.0909. The van der Waals surface area contributed by atoms with E-state index in [0.29, 0.717) is 10.0 Å². The van der Waals surface area contributed by atoms with Crippen LogP contribution in [0.2, 0.25) is 0 Å². The Balaban J connectivity index is 2.65. The summed E-state index contributed by atoms with van der Waals surface area (Å²) >= 11 is 3.16. The third-order valence-electron chi connectivity index (χ3n) is 2.26. The smallest absolute Gasteiger partial charge is 0.341 e. The molecule has 2 rings (SSSR count). The number of aromatic carboxylic acids is 1. The van der Waals surface area contributed by atoms with Crippen LogP contribution >= 0.6 is 15.9 Å². The summed E-state index contributed by atoms with van der Waals surface area (Å²) in [4.78, 5) is 11.1. The molecule has 1 aromatic heterocycles. The quantitative estimate of drug-likeness (QED) is 0.924. The lowest BCUT2D eigenvalue weighted by molar-refractivity contribution is 0.0696. The fourth-order valence-electron chi connectivity index (χ4n) is 1.49. The lowest BCUT2D eigenvalue weighted by Crippen LogP contribution is -1.99. The Morgan fingerprint density at radius 1 is 1.53 bits per heavy atom. The minimum atomic E-state index is -1.13. The minimum absolute atomic E-state index is 0.0164. The molecule has 6 heteroatoms. The van der Waals surface area contributed by atoms with Crippen molar-refractivity contribution in [3.8, 4) is 11.3 Å². The number of hydrogen-bond donors (Lipinski definition) is 1. The normalized spacial score (nSPS) is 10.5. The zero-order chi connectivity index (χ0) is 12.6. The third-order valence-corrected chi connectivity index (χ3v) is 2.92. The van der Waals surface area contributed by atoms with Gasteiger partial charge in [0.2, 0.25) is 0 Å². The van der Waals surface area contributed by atoms with Gasteiger partial charge in [0, 0.05) is 10.0 Å². The zero-order valence-electron chi connectivity index (χ0n) is 8.70. The van der Waals surface area contributed by atoms with Crippen LogP contribution in [0.4, 0.5) is 4.39 Å². The van der Waals surface area contributed by atoms with Gasteiger partial charge >= 0.3 is 5.97 Å². The molecule has 1 N–H and O–H groups in total. The Morgan fingerprint density at radius 3 is 2.82 bits per heavy atom. The summed E-state index contributed by atoms with van der Waals surface area (Å²) in [6.45, 7) is 1.51. The Labute approximate surface area is 104 Å². The number of carbonyl (C=O) groups is 1. The number of aryl methyl sites for hydroxylation is 1. The summed E-state index contributed by atoms with van der Waals surface area (Å²) in [7, 11) is 0. The first-order chi connectivity index (χ1) is 8.00. The van der Waals surface area contributed by atoms with Gasteiger partial charge in [-0.05, 0) is 41.1 Å². The van der Waals surface area contributed by atoms with Crippen molar-refractivity contribution in [3.63, 3.8) is 0 Å². The molecule has 0 atom stereocenters. The van der Waals surface area contributed by atoms with Crippen molar-refractivity contribution in [1.82, 2.24) is 5.16 Å². The van der Waals surface area contributed by atoms with Crippen LogP contribution in [0.15, 0.2) is 27.2 Å². The summed E-state index contributed by atoms with van der Waals surface area (Å²) in [5.41, 5.74) is 0.639. The maximum absolute atomic E-state index is 12.9. The van der Waals surface area contributed by atoms with E-state index < -0.39 is 11.8 Å². The molecule has 0 bridgehead atoms. The standard InChI is InChI=1S/C11H7BrFNO3/c1-5-9(11(15)16)10(14-17-5)7-3-2-6(13)4-8(7)12/h2-4H,1H3,(H,15,16). The Kier molecular flexibility index (Phi) is 2.97. The van der Waals surface area contributed by atoms with E-state index in [1.54, 1.807) is 0 Å². The van der Waals surface area contributed by atoms with Crippen molar-refractivity contribution in [3.05, 3.63) is 39.8 Å². The van der Waals surface area contributed by atoms with Gasteiger partial charge in [-0.3, -0.25) is 0 Å². The van der Waals surface area contributed by atoms with Crippen molar-refractivity contribution in [2.45, 2.75) is 6.92 Å². The van der Waals surface area contributed by atoms with Crippen molar-refractivity contribution in [2.75, 3.05) is 0 Å². The molecule has 17 heavy (non-hydrogen) atoms. The largest absolute Gasteiger partial charge is 0.477 e. The van der Waals surface area contributed by atoms with Crippen molar-refractivity contribution in [2.24, 2.45) is 0 Å². The monoisotopic (exact) mass is 299 g/mol. The summed E-state index contributed by atoms with van der Waals surface area (Å²) in [5, 5.41) is 12.7. The molecule has 88 valence electrons. The number of nitrogens with zero attached hydrogens (tertiary/aromatic N) is 1. The predicted octanol–water partition coefficient (Wildman–Crippen LogP) is 3.25. The van der Waals surface area contributed by atoms with Gasteiger partial charge in [-0.2, -0.15) is 0 Å². The van der Waals surface area contributed by atoms with Crippen LogP contribution in [0, 0.1) is 12.7 Å². The topological polar surface area (TPSA) is 63.3 Å². The van der Waals surface area contributed by atoms with Gasteiger partial charge in [0.1, 0.15) is 22.8 Å². The highest BCUT2D eigenvalue weighted by Crippen LogP contribution is 2.31. The van der Waals surface area contributed by atoms with Gasteiger partial charge in [-0.1, -0.05) is 5.16 Å². The van der Waals surface area contributed by atoms with Crippen LogP contribution in [0.5, 0.6) is 0 Å². The summed E-state index contributed by atoms with van der Waals surface area (Å²) in [6.07, 6.45) is 0. The molecule has 0 amide bonds. The van der Waals surface area contributed by atoms with Crippen LogP contribution in [-0.2, 0) is 0 Å². The van der Waals surface area contributed by atoms with Gasteiger partial charge in [0.25, 0.3) is 0 Å². The Hall–Kier alpha value is -1.69. The number of benzene rings is 1. The number of carboxylic acid groups (broad SMARTS) is 1. The second kappa shape index (κ2) is 4.29. The number of halogens is 2. The van der Waals surface area contributed by atoms with Crippen LogP contribution in [0.1, 0.15) is 16.1 Å². The second-order valence-electron chi connectivity index (χ2n) is 3.39. The summed E-state index contributed by atoms with van der Waals surface area (Å²) in [6, 6.07) is 3.92. The number of aromatic nitrogens is 1. The first kappa shape index (κ1) is 11.8. The van der Waals surface area contributed by atoms with Gasteiger partial charge in [-0.15, -0.1) is 0 Å². The van der Waals surface area contributed by atoms with Crippen LogP contribution in [0.3, 0.4) is 0 Å². The Morgan fingerprint density at radius 2 is 2.24 bits per heavy atom. The van der Waals surface area contributed by atoms with Gasteiger partial charge in [-0.25, -0.2) is 9.18 Å². The first-order valence-corrected chi connectivity index (χ1v) is 5.45. The van der Waals surface area contributed by atoms with Crippen LogP contribution in [0.25, 0.3) is 11.3 Å². The molecule has 1 heterocycles. The van der Waals surface area contributed by atoms with Gasteiger partial charge in [0.05, 0.1) is 0 Å². The molecule has 0 aliphatic carbocycles. The highest BCUT2D eigenvalue weighted by atomic mass is 79.9. The lowest BCUT2D eigenvalue weighted by atomic mass is 10.1. The maximum atomic E-state index is 12.9. The number of rotatable bonds is 2. The van der Waals surface area contributed by atoms with Crippen molar-refractivity contribution >= 4 is 21.9 Å². The molecular formula is C11H7BrFNO3. The highest BCUT2D eigenvalue weighted by molar-refractivity contribution is 9.10. The Bertz CT molecular complexity index is 594. The SMILES string of the molecule is Cc1onc(-c2ccc(F)cc2Br)c1C(=O)O. The van der Waals surface area contributed by atoms with Crippen molar-refractivity contribution in [1.29, 1.82) is 0 Å². The molecule has 0 unspecified atom stereocenters. The zero-order valence-corrected chi connectivity index (χ0v) is 10.3. The van der Waals surface area contributed by atoms with E-state index in [1.807, 2.05) is 0 Å². The molecule has 0 fully saturated rings. The lowest BCUT2D eigenvalue weighted by Gasteiger charge is -2.01. The van der Waals surface area contributed by atoms with Crippen LogP contribution < -0.4 is 0 Å². The van der Waals surface area contributed by atoms with E-state index in [1.165, 1.54) is 25.1 Å². The molecule has 0 aliphatic rings. The molecular weight excluding hydrogens is 293 g/mol. The molecule has 4 nitrogen and oxygen atoms in total. The third kappa shape index (κ3) is 2.08. The number of hydrogen-bond acceptors (Lipinski definition) is 3. The average molecular weight is 300 g/mol. The molecule has 1 aromatic carbocycles. The van der Waals surface area contributed by atoms with Crippen LogP contribution in [-0.4, -0.2) is 16.2 Å². The fourth-order valence-corrected chi connectivity index (χ4v) is 2.03.